The van der Waals surface area contributed by atoms with Gasteiger partial charge in [-0.25, -0.2) is 0 Å². The molecule has 2 rings (SSSR count). The van der Waals surface area contributed by atoms with Gasteiger partial charge < -0.3 is 14.2 Å². The molecule has 116 valence electrons. The lowest BCUT2D eigenvalue weighted by Gasteiger charge is -2.16. The van der Waals surface area contributed by atoms with E-state index in [-0.39, 0.29) is 18.0 Å². The monoisotopic (exact) mass is 293 g/mol. The van der Waals surface area contributed by atoms with Crippen molar-refractivity contribution in [2.75, 3.05) is 40.5 Å². The van der Waals surface area contributed by atoms with Crippen molar-refractivity contribution in [1.29, 1.82) is 0 Å². The van der Waals surface area contributed by atoms with Crippen molar-refractivity contribution in [3.8, 4) is 5.75 Å². The summed E-state index contributed by atoms with van der Waals surface area (Å²) in [5.41, 5.74) is 0.628. The van der Waals surface area contributed by atoms with Crippen LogP contribution in [0.5, 0.6) is 5.75 Å². The van der Waals surface area contributed by atoms with Crippen molar-refractivity contribution in [3.05, 3.63) is 29.8 Å². The fraction of sp³-hybridized carbons (Fsp3) is 0.562. The number of Topliss-reactive ketones (excluding diaryl/α,β-unsaturated/α-hetero) is 1. The Kier molecular flexibility index (Phi) is 5.73. The van der Waals surface area contributed by atoms with Gasteiger partial charge in [-0.3, -0.25) is 9.69 Å². The van der Waals surface area contributed by atoms with Crippen LogP contribution in [0.15, 0.2) is 24.3 Å². The Morgan fingerprint density at radius 1 is 1.19 bits per heavy atom. The molecule has 0 saturated carbocycles. The number of ketones is 1. The molecule has 5 nitrogen and oxygen atoms in total. The third-order valence-corrected chi connectivity index (χ3v) is 3.83. The van der Waals surface area contributed by atoms with Crippen molar-refractivity contribution >= 4 is 5.78 Å². The van der Waals surface area contributed by atoms with Gasteiger partial charge in [0.2, 0.25) is 0 Å². The molecule has 2 unspecified atom stereocenters. The molecule has 0 bridgehead atoms. The van der Waals surface area contributed by atoms with Crippen LogP contribution in [-0.4, -0.2) is 63.4 Å². The summed E-state index contributed by atoms with van der Waals surface area (Å²) in [7, 11) is 3.42. The minimum absolute atomic E-state index is 0.0191. The molecule has 0 radical (unpaired) electrons. The zero-order valence-electron chi connectivity index (χ0n) is 12.9. The lowest BCUT2D eigenvalue weighted by Crippen LogP contribution is -2.27. The quantitative estimate of drug-likeness (QED) is 0.715. The molecule has 21 heavy (non-hydrogen) atoms. The van der Waals surface area contributed by atoms with Gasteiger partial charge in [-0.05, 0) is 19.1 Å². The molecule has 1 fully saturated rings. The molecule has 1 aromatic carbocycles. The van der Waals surface area contributed by atoms with Crippen molar-refractivity contribution in [2.45, 2.75) is 19.1 Å². The summed E-state index contributed by atoms with van der Waals surface area (Å²) >= 11 is 0. The number of nitrogens with zero attached hydrogens (tertiary/aromatic N) is 1. The number of benzene rings is 1. The molecular formula is C16H23NO4. The molecule has 0 aliphatic carbocycles. The lowest BCUT2D eigenvalue weighted by molar-refractivity contribution is -0.00461. The number of carbonyl (C=O) groups excluding carboxylic acids is 1. The first-order valence-electron chi connectivity index (χ1n) is 7.16. The molecule has 1 aliphatic rings. The molecular weight excluding hydrogens is 270 g/mol. The Morgan fingerprint density at radius 3 is 2.38 bits per heavy atom. The van der Waals surface area contributed by atoms with Crippen LogP contribution in [0.25, 0.3) is 0 Å². The van der Waals surface area contributed by atoms with E-state index in [1.165, 1.54) is 0 Å². The molecule has 0 N–H and O–H groups in total. The van der Waals surface area contributed by atoms with Gasteiger partial charge in [-0.15, -0.1) is 0 Å². The van der Waals surface area contributed by atoms with Gasteiger partial charge in [0.1, 0.15) is 12.4 Å². The Hall–Kier alpha value is -1.43. The van der Waals surface area contributed by atoms with Crippen LogP contribution >= 0.6 is 0 Å². The zero-order chi connectivity index (χ0) is 15.2. The summed E-state index contributed by atoms with van der Waals surface area (Å²) < 4.78 is 16.6. The number of hydrogen-bond donors (Lipinski definition) is 0. The van der Waals surface area contributed by atoms with E-state index in [4.69, 9.17) is 14.2 Å². The average molecular weight is 293 g/mol. The highest BCUT2D eigenvalue weighted by molar-refractivity contribution is 5.96. The summed E-state index contributed by atoms with van der Waals surface area (Å²) in [6, 6.07) is 7.34. The number of rotatable bonds is 7. The third-order valence-electron chi connectivity index (χ3n) is 3.83. The second-order valence-electron chi connectivity index (χ2n) is 5.21. The second kappa shape index (κ2) is 7.54. The number of ether oxygens (including phenoxy) is 3. The van der Waals surface area contributed by atoms with Gasteiger partial charge in [0.15, 0.2) is 5.78 Å². The minimum atomic E-state index is 0.0191. The van der Waals surface area contributed by atoms with Gasteiger partial charge >= 0.3 is 0 Å². The average Bonchev–Trinajstić information content (AvgIpc) is 2.90. The molecule has 0 amide bonds. The van der Waals surface area contributed by atoms with Gasteiger partial charge in [0, 0.05) is 33.9 Å². The van der Waals surface area contributed by atoms with Crippen molar-refractivity contribution < 1.29 is 19.0 Å². The van der Waals surface area contributed by atoms with Crippen LogP contribution < -0.4 is 4.74 Å². The van der Waals surface area contributed by atoms with E-state index in [0.29, 0.717) is 17.9 Å². The maximum atomic E-state index is 11.5. The first-order valence-corrected chi connectivity index (χ1v) is 7.16. The Balaban J connectivity index is 1.84. The van der Waals surface area contributed by atoms with E-state index in [2.05, 4.69) is 4.90 Å². The molecule has 1 heterocycles. The zero-order valence-corrected chi connectivity index (χ0v) is 12.9. The van der Waals surface area contributed by atoms with Crippen LogP contribution in [0.1, 0.15) is 17.3 Å². The van der Waals surface area contributed by atoms with Gasteiger partial charge in [-0.2, -0.15) is 0 Å². The topological polar surface area (TPSA) is 48.0 Å². The Bertz CT molecular complexity index is 465. The standard InChI is InChI=1S/C16H23NO4/c1-12(18)13-6-4-5-7-14(13)21-9-8-17-10-15(19-2)16(11-17)20-3/h4-7,15-16H,8-11H2,1-3H3. The molecule has 0 spiro atoms. The van der Waals surface area contributed by atoms with Crippen molar-refractivity contribution in [1.82, 2.24) is 4.90 Å². The third kappa shape index (κ3) is 4.03. The molecule has 1 saturated heterocycles. The lowest BCUT2D eigenvalue weighted by atomic mass is 10.1. The number of para-hydroxylation sites is 1. The summed E-state index contributed by atoms with van der Waals surface area (Å²) in [5.74, 6) is 0.668. The molecule has 1 aliphatic heterocycles. The molecule has 5 heteroatoms. The van der Waals surface area contributed by atoms with Crippen molar-refractivity contribution in [2.24, 2.45) is 0 Å². The summed E-state index contributed by atoms with van der Waals surface area (Å²) in [6.45, 7) is 4.55. The van der Waals surface area contributed by atoms with Gasteiger partial charge in [0.25, 0.3) is 0 Å². The number of hydrogen-bond acceptors (Lipinski definition) is 5. The van der Waals surface area contributed by atoms with E-state index in [0.717, 1.165) is 19.6 Å². The molecule has 2 atom stereocenters. The van der Waals surface area contributed by atoms with E-state index in [9.17, 15) is 4.79 Å². The van der Waals surface area contributed by atoms with Crippen LogP contribution in [-0.2, 0) is 9.47 Å². The van der Waals surface area contributed by atoms with E-state index in [1.807, 2.05) is 18.2 Å². The predicted molar refractivity (Wildman–Crippen MR) is 80.0 cm³/mol. The largest absolute Gasteiger partial charge is 0.491 e. The molecule has 1 aromatic rings. The minimum Gasteiger partial charge on any atom is -0.491 e. The normalized spacial score (nSPS) is 22.4. The fourth-order valence-corrected chi connectivity index (χ4v) is 2.62. The van der Waals surface area contributed by atoms with Gasteiger partial charge in [0.05, 0.1) is 17.8 Å². The highest BCUT2D eigenvalue weighted by atomic mass is 16.5. The van der Waals surface area contributed by atoms with E-state index >= 15 is 0 Å². The second-order valence-corrected chi connectivity index (χ2v) is 5.21. The summed E-state index contributed by atoms with van der Waals surface area (Å²) in [5, 5.41) is 0. The number of carbonyl (C=O) groups is 1. The highest BCUT2D eigenvalue weighted by Gasteiger charge is 2.32. The number of methoxy groups -OCH3 is 2. The SMILES string of the molecule is COC1CN(CCOc2ccccc2C(C)=O)CC1OC. The predicted octanol–water partition coefficient (Wildman–Crippen LogP) is 1.61. The Morgan fingerprint density at radius 2 is 1.81 bits per heavy atom. The maximum Gasteiger partial charge on any atom is 0.163 e. The van der Waals surface area contributed by atoms with Crippen LogP contribution in [0, 0.1) is 0 Å². The number of likely N-dealkylation sites (tertiary alicyclic amines) is 1. The van der Waals surface area contributed by atoms with Gasteiger partial charge in [-0.1, -0.05) is 12.1 Å². The maximum absolute atomic E-state index is 11.5. The van der Waals surface area contributed by atoms with Crippen LogP contribution in [0.3, 0.4) is 0 Å². The van der Waals surface area contributed by atoms with Crippen LogP contribution in [0.4, 0.5) is 0 Å². The fourth-order valence-electron chi connectivity index (χ4n) is 2.62. The summed E-state index contributed by atoms with van der Waals surface area (Å²) in [4.78, 5) is 13.8. The first kappa shape index (κ1) is 15.9. The highest BCUT2D eigenvalue weighted by Crippen LogP contribution is 2.19. The Labute approximate surface area is 125 Å². The molecule has 0 aromatic heterocycles. The smallest absolute Gasteiger partial charge is 0.163 e. The first-order chi connectivity index (χ1) is 10.2. The van der Waals surface area contributed by atoms with E-state index in [1.54, 1.807) is 27.2 Å². The summed E-state index contributed by atoms with van der Waals surface area (Å²) in [6.07, 6.45) is 0.221. The van der Waals surface area contributed by atoms with Crippen LogP contribution in [0.2, 0.25) is 0 Å². The van der Waals surface area contributed by atoms with E-state index < -0.39 is 0 Å². The van der Waals surface area contributed by atoms with Crippen molar-refractivity contribution in [3.63, 3.8) is 0 Å².